The van der Waals surface area contributed by atoms with Gasteiger partial charge in [0.2, 0.25) is 5.95 Å². The van der Waals surface area contributed by atoms with E-state index < -0.39 is 0 Å². The van der Waals surface area contributed by atoms with Crippen LogP contribution in [0.25, 0.3) is 11.0 Å². The van der Waals surface area contributed by atoms with E-state index in [1.54, 1.807) is 31.5 Å². The number of hydrogen-bond donors (Lipinski definition) is 1. The summed E-state index contributed by atoms with van der Waals surface area (Å²) in [6.45, 7) is 2.83. The van der Waals surface area contributed by atoms with Crippen LogP contribution in [0.2, 0.25) is 0 Å². The molecule has 0 atom stereocenters. The van der Waals surface area contributed by atoms with Crippen molar-refractivity contribution >= 4 is 23.2 Å². The van der Waals surface area contributed by atoms with Gasteiger partial charge in [-0.15, -0.1) is 0 Å². The first-order chi connectivity index (χ1) is 10.7. The number of aromatic nitrogens is 2. The van der Waals surface area contributed by atoms with Gasteiger partial charge in [0.05, 0.1) is 18.1 Å². The van der Waals surface area contributed by atoms with Crippen molar-refractivity contribution in [1.29, 1.82) is 0 Å². The quantitative estimate of drug-likeness (QED) is 0.749. The summed E-state index contributed by atoms with van der Waals surface area (Å²) in [7, 11) is 1.56. The molecular weight excluding hydrogens is 278 g/mol. The number of imidazole rings is 1. The van der Waals surface area contributed by atoms with Gasteiger partial charge in [0.1, 0.15) is 11.5 Å². The number of phenols is 1. The SMILES string of the molecule is CCn1c(/N=C/c2ccc(OC)cc2O)nc2ccccc21. The number of hydrogen-bond acceptors (Lipinski definition) is 4. The number of aromatic hydroxyl groups is 1. The van der Waals surface area contributed by atoms with E-state index in [2.05, 4.69) is 16.9 Å². The maximum absolute atomic E-state index is 9.97. The second-order valence-electron chi connectivity index (χ2n) is 4.83. The Bertz CT molecular complexity index is 837. The van der Waals surface area contributed by atoms with Gasteiger partial charge in [0.15, 0.2) is 0 Å². The second-order valence-corrected chi connectivity index (χ2v) is 4.83. The molecule has 0 spiro atoms. The van der Waals surface area contributed by atoms with Crippen molar-refractivity contribution < 1.29 is 9.84 Å². The van der Waals surface area contributed by atoms with Gasteiger partial charge < -0.3 is 14.4 Å². The fourth-order valence-corrected chi connectivity index (χ4v) is 2.36. The van der Waals surface area contributed by atoms with E-state index in [0.29, 0.717) is 17.3 Å². The Morgan fingerprint density at radius 2 is 2.09 bits per heavy atom. The third-order valence-corrected chi connectivity index (χ3v) is 3.51. The molecule has 0 fully saturated rings. The molecular formula is C17H17N3O2. The fourth-order valence-electron chi connectivity index (χ4n) is 2.36. The molecule has 0 aliphatic rings. The molecule has 0 amide bonds. The summed E-state index contributed by atoms with van der Waals surface area (Å²) in [6.07, 6.45) is 1.61. The number of fused-ring (bicyclic) bond motifs is 1. The van der Waals surface area contributed by atoms with Crippen molar-refractivity contribution in [2.45, 2.75) is 13.5 Å². The molecule has 0 saturated heterocycles. The Labute approximate surface area is 128 Å². The molecule has 112 valence electrons. The molecule has 0 aliphatic heterocycles. The highest BCUT2D eigenvalue weighted by Gasteiger charge is 2.07. The summed E-state index contributed by atoms with van der Waals surface area (Å²) in [5.41, 5.74) is 2.59. The molecule has 3 rings (SSSR count). The van der Waals surface area contributed by atoms with Crippen LogP contribution in [-0.4, -0.2) is 28.0 Å². The van der Waals surface area contributed by atoms with Gasteiger partial charge in [-0.25, -0.2) is 9.98 Å². The summed E-state index contributed by atoms with van der Waals surface area (Å²) >= 11 is 0. The van der Waals surface area contributed by atoms with E-state index in [-0.39, 0.29) is 5.75 Å². The molecule has 1 aromatic heterocycles. The normalized spacial score (nSPS) is 11.4. The summed E-state index contributed by atoms with van der Waals surface area (Å²) in [4.78, 5) is 8.95. The van der Waals surface area contributed by atoms with Crippen LogP contribution in [0.3, 0.4) is 0 Å². The number of para-hydroxylation sites is 2. The minimum absolute atomic E-state index is 0.127. The predicted molar refractivity (Wildman–Crippen MR) is 87.3 cm³/mol. The van der Waals surface area contributed by atoms with Gasteiger partial charge in [0, 0.05) is 24.4 Å². The lowest BCUT2D eigenvalue weighted by atomic mass is 10.2. The zero-order chi connectivity index (χ0) is 15.5. The van der Waals surface area contributed by atoms with Crippen molar-refractivity contribution in [3.8, 4) is 11.5 Å². The molecule has 0 bridgehead atoms. The zero-order valence-electron chi connectivity index (χ0n) is 12.5. The lowest BCUT2D eigenvalue weighted by molar-refractivity contribution is 0.407. The van der Waals surface area contributed by atoms with Crippen LogP contribution in [-0.2, 0) is 6.54 Å². The molecule has 5 nitrogen and oxygen atoms in total. The highest BCUT2D eigenvalue weighted by molar-refractivity contribution is 5.86. The molecule has 5 heteroatoms. The maximum atomic E-state index is 9.97. The van der Waals surface area contributed by atoms with Crippen LogP contribution in [0.15, 0.2) is 47.5 Å². The number of benzene rings is 2. The lowest BCUT2D eigenvalue weighted by Crippen LogP contribution is -1.93. The van der Waals surface area contributed by atoms with E-state index in [1.807, 2.05) is 28.8 Å². The van der Waals surface area contributed by atoms with Crippen molar-refractivity contribution in [2.24, 2.45) is 4.99 Å². The average Bonchev–Trinajstić information content (AvgIpc) is 2.91. The van der Waals surface area contributed by atoms with Crippen LogP contribution >= 0.6 is 0 Å². The van der Waals surface area contributed by atoms with Crippen LogP contribution in [0.4, 0.5) is 5.95 Å². The summed E-state index contributed by atoms with van der Waals surface area (Å²) in [5, 5.41) is 9.97. The first kappa shape index (κ1) is 14.1. The van der Waals surface area contributed by atoms with Gasteiger partial charge in [0.25, 0.3) is 0 Å². The Balaban J connectivity index is 1.99. The lowest BCUT2D eigenvalue weighted by Gasteiger charge is -2.03. The summed E-state index contributed by atoms with van der Waals surface area (Å²) < 4.78 is 7.10. The molecule has 0 aliphatic carbocycles. The van der Waals surface area contributed by atoms with Gasteiger partial charge >= 0.3 is 0 Å². The van der Waals surface area contributed by atoms with Crippen molar-refractivity contribution in [3.63, 3.8) is 0 Å². The predicted octanol–water partition coefficient (Wildman–Crippen LogP) is 3.52. The number of methoxy groups -OCH3 is 1. The van der Waals surface area contributed by atoms with Crippen molar-refractivity contribution in [2.75, 3.05) is 7.11 Å². The molecule has 3 aromatic rings. The van der Waals surface area contributed by atoms with E-state index in [0.717, 1.165) is 17.6 Å². The summed E-state index contributed by atoms with van der Waals surface area (Å²) in [5.74, 6) is 1.36. The number of ether oxygens (including phenoxy) is 1. The number of aliphatic imine (C=N–C) groups is 1. The third kappa shape index (κ3) is 2.53. The minimum atomic E-state index is 0.127. The van der Waals surface area contributed by atoms with Gasteiger partial charge in [-0.3, -0.25) is 0 Å². The highest BCUT2D eigenvalue weighted by Crippen LogP contribution is 2.24. The molecule has 0 saturated carbocycles. The average molecular weight is 295 g/mol. The Morgan fingerprint density at radius 3 is 2.82 bits per heavy atom. The molecule has 2 aromatic carbocycles. The Kier molecular flexibility index (Phi) is 3.78. The molecule has 1 N–H and O–H groups in total. The fraction of sp³-hybridized carbons (Fsp3) is 0.176. The smallest absolute Gasteiger partial charge is 0.230 e. The topological polar surface area (TPSA) is 59.6 Å². The largest absolute Gasteiger partial charge is 0.507 e. The number of aryl methyl sites for hydroxylation is 1. The van der Waals surface area contributed by atoms with Gasteiger partial charge in [-0.2, -0.15) is 0 Å². The first-order valence-corrected chi connectivity index (χ1v) is 7.09. The number of rotatable bonds is 4. The molecule has 22 heavy (non-hydrogen) atoms. The minimum Gasteiger partial charge on any atom is -0.507 e. The van der Waals surface area contributed by atoms with E-state index in [4.69, 9.17) is 4.74 Å². The van der Waals surface area contributed by atoms with Gasteiger partial charge in [-0.05, 0) is 31.2 Å². The number of nitrogens with zero attached hydrogens (tertiary/aromatic N) is 3. The van der Waals surface area contributed by atoms with E-state index >= 15 is 0 Å². The second kappa shape index (κ2) is 5.89. The Morgan fingerprint density at radius 1 is 1.27 bits per heavy atom. The highest BCUT2D eigenvalue weighted by atomic mass is 16.5. The monoisotopic (exact) mass is 295 g/mol. The maximum Gasteiger partial charge on any atom is 0.230 e. The Hall–Kier alpha value is -2.82. The third-order valence-electron chi connectivity index (χ3n) is 3.51. The standard InChI is InChI=1S/C17H17N3O2/c1-3-20-15-7-5-4-6-14(15)19-17(20)18-11-12-8-9-13(22-2)10-16(12)21/h4-11,21H,3H2,1-2H3/b18-11+. The van der Waals surface area contributed by atoms with E-state index in [1.165, 1.54) is 0 Å². The summed E-state index contributed by atoms with van der Waals surface area (Å²) in [6, 6.07) is 13.0. The van der Waals surface area contributed by atoms with Crippen LogP contribution in [0.1, 0.15) is 12.5 Å². The van der Waals surface area contributed by atoms with Crippen molar-refractivity contribution in [3.05, 3.63) is 48.0 Å². The number of phenolic OH excluding ortho intramolecular Hbond substituents is 1. The molecule has 0 radical (unpaired) electrons. The van der Waals surface area contributed by atoms with Crippen LogP contribution < -0.4 is 4.74 Å². The zero-order valence-corrected chi connectivity index (χ0v) is 12.5. The van der Waals surface area contributed by atoms with E-state index in [9.17, 15) is 5.11 Å². The van der Waals surface area contributed by atoms with Crippen LogP contribution in [0.5, 0.6) is 11.5 Å². The first-order valence-electron chi connectivity index (χ1n) is 7.09. The van der Waals surface area contributed by atoms with Crippen LogP contribution in [0, 0.1) is 0 Å². The molecule has 0 unspecified atom stereocenters. The van der Waals surface area contributed by atoms with Crippen molar-refractivity contribution in [1.82, 2.24) is 9.55 Å². The molecule has 1 heterocycles. The van der Waals surface area contributed by atoms with Gasteiger partial charge in [-0.1, -0.05) is 12.1 Å².